The number of nitrogens with zero attached hydrogens (tertiary/aromatic N) is 2. The number of methoxy groups -OCH3 is 1. The van der Waals surface area contributed by atoms with Crippen molar-refractivity contribution >= 4 is 17.7 Å². The third-order valence-corrected chi connectivity index (χ3v) is 3.90. The zero-order valence-electron chi connectivity index (χ0n) is 14.5. The Morgan fingerprint density at radius 1 is 1.36 bits per heavy atom. The molecule has 2 aromatic rings. The maximum Gasteiger partial charge on any atom is 0.266 e. The molecule has 1 amide bonds. The smallest absolute Gasteiger partial charge is 0.266 e. The van der Waals surface area contributed by atoms with Crippen molar-refractivity contribution in [2.24, 2.45) is 0 Å². The van der Waals surface area contributed by atoms with Gasteiger partial charge in [-0.25, -0.2) is 4.39 Å². The summed E-state index contributed by atoms with van der Waals surface area (Å²) in [5.74, 6) is -0.923. The highest BCUT2D eigenvalue weighted by Crippen LogP contribution is 2.19. The summed E-state index contributed by atoms with van der Waals surface area (Å²) < 4.78 is 20.1. The molecule has 0 unspecified atom stereocenters. The molecule has 0 aliphatic rings. The van der Waals surface area contributed by atoms with Gasteiger partial charge in [-0.05, 0) is 55.8 Å². The fraction of sp³-hybridized carbons (Fsp3) is 0.263. The first-order valence-electron chi connectivity index (χ1n) is 7.80. The zero-order chi connectivity index (χ0) is 18.4. The lowest BCUT2D eigenvalue weighted by molar-refractivity contribution is -0.112. The molecule has 130 valence electrons. The van der Waals surface area contributed by atoms with Crippen LogP contribution in [0.1, 0.15) is 17.0 Å². The number of anilines is 1. The Hall–Kier alpha value is -2.91. The van der Waals surface area contributed by atoms with Crippen molar-refractivity contribution in [3.05, 3.63) is 58.7 Å². The van der Waals surface area contributed by atoms with E-state index in [1.807, 2.05) is 26.0 Å². The fourth-order valence-electron chi connectivity index (χ4n) is 2.54. The van der Waals surface area contributed by atoms with Crippen molar-refractivity contribution in [1.82, 2.24) is 4.57 Å². The summed E-state index contributed by atoms with van der Waals surface area (Å²) in [7, 11) is 1.64. The molecule has 1 aromatic carbocycles. The summed E-state index contributed by atoms with van der Waals surface area (Å²) in [5, 5.41) is 11.9. The van der Waals surface area contributed by atoms with Crippen LogP contribution in [-0.4, -0.2) is 24.2 Å². The molecule has 0 spiro atoms. The minimum Gasteiger partial charge on any atom is -0.383 e. The zero-order valence-corrected chi connectivity index (χ0v) is 14.5. The summed E-state index contributed by atoms with van der Waals surface area (Å²) in [4.78, 5) is 12.3. The van der Waals surface area contributed by atoms with E-state index in [-0.39, 0.29) is 5.57 Å². The lowest BCUT2D eigenvalue weighted by Crippen LogP contribution is -2.13. The molecule has 0 radical (unpaired) electrons. The Bertz CT molecular complexity index is 830. The average molecular weight is 341 g/mol. The number of benzene rings is 1. The summed E-state index contributed by atoms with van der Waals surface area (Å²) in [5.41, 5.74) is 3.20. The van der Waals surface area contributed by atoms with Gasteiger partial charge < -0.3 is 14.6 Å². The highest BCUT2D eigenvalue weighted by atomic mass is 19.1. The number of ether oxygens (including phenoxy) is 1. The van der Waals surface area contributed by atoms with E-state index in [1.54, 1.807) is 13.2 Å². The second-order valence-corrected chi connectivity index (χ2v) is 5.60. The fourth-order valence-corrected chi connectivity index (χ4v) is 2.54. The normalized spacial score (nSPS) is 11.2. The van der Waals surface area contributed by atoms with Crippen LogP contribution in [-0.2, 0) is 16.1 Å². The lowest BCUT2D eigenvalue weighted by atomic mass is 10.1. The van der Waals surface area contributed by atoms with Crippen molar-refractivity contribution in [2.75, 3.05) is 19.0 Å². The topological polar surface area (TPSA) is 67.0 Å². The Kier molecular flexibility index (Phi) is 6.09. The largest absolute Gasteiger partial charge is 0.383 e. The highest BCUT2D eigenvalue weighted by molar-refractivity contribution is 6.09. The van der Waals surface area contributed by atoms with Gasteiger partial charge in [0.2, 0.25) is 0 Å². The van der Waals surface area contributed by atoms with Crippen LogP contribution in [0.15, 0.2) is 35.9 Å². The van der Waals surface area contributed by atoms with Gasteiger partial charge in [0.25, 0.3) is 5.91 Å². The SMILES string of the molecule is COCCn1c(C)cc(/C=C(\C#N)C(=O)Nc2ccc(F)cc2)c1C. The van der Waals surface area contributed by atoms with Crippen molar-refractivity contribution in [3.8, 4) is 6.07 Å². The second-order valence-electron chi connectivity index (χ2n) is 5.60. The van der Waals surface area contributed by atoms with Crippen LogP contribution in [0, 0.1) is 31.0 Å². The van der Waals surface area contributed by atoms with E-state index < -0.39 is 11.7 Å². The molecule has 1 aromatic heterocycles. The maximum atomic E-state index is 12.9. The summed E-state index contributed by atoms with van der Waals surface area (Å²) in [6.07, 6.45) is 1.56. The molecule has 6 heteroatoms. The van der Waals surface area contributed by atoms with Gasteiger partial charge >= 0.3 is 0 Å². The van der Waals surface area contributed by atoms with Gasteiger partial charge in [-0.1, -0.05) is 0 Å². The number of halogens is 1. The number of hydrogen-bond acceptors (Lipinski definition) is 3. The number of nitrogens with one attached hydrogen (secondary N) is 1. The van der Waals surface area contributed by atoms with Gasteiger partial charge in [0.05, 0.1) is 6.61 Å². The van der Waals surface area contributed by atoms with E-state index in [0.29, 0.717) is 18.8 Å². The first kappa shape index (κ1) is 18.4. The third-order valence-electron chi connectivity index (χ3n) is 3.90. The molecule has 0 aliphatic heterocycles. The Morgan fingerprint density at radius 2 is 2.04 bits per heavy atom. The van der Waals surface area contributed by atoms with Crippen LogP contribution in [0.2, 0.25) is 0 Å². The molecular weight excluding hydrogens is 321 g/mol. The lowest BCUT2D eigenvalue weighted by Gasteiger charge is -2.08. The molecule has 0 fully saturated rings. The van der Waals surface area contributed by atoms with E-state index in [0.717, 1.165) is 17.0 Å². The average Bonchev–Trinajstić information content (AvgIpc) is 2.86. The van der Waals surface area contributed by atoms with E-state index in [4.69, 9.17) is 4.74 Å². The molecule has 2 rings (SSSR count). The first-order valence-corrected chi connectivity index (χ1v) is 7.80. The highest BCUT2D eigenvalue weighted by Gasteiger charge is 2.13. The van der Waals surface area contributed by atoms with Crippen LogP contribution >= 0.6 is 0 Å². The summed E-state index contributed by atoms with van der Waals surface area (Å²) in [6, 6.07) is 9.22. The van der Waals surface area contributed by atoms with Gasteiger partial charge in [0.1, 0.15) is 17.5 Å². The molecule has 25 heavy (non-hydrogen) atoms. The van der Waals surface area contributed by atoms with E-state index in [1.165, 1.54) is 24.3 Å². The third kappa shape index (κ3) is 4.55. The van der Waals surface area contributed by atoms with Gasteiger partial charge in [-0.2, -0.15) is 5.26 Å². The Morgan fingerprint density at radius 3 is 2.64 bits per heavy atom. The van der Waals surface area contributed by atoms with Crippen LogP contribution in [0.5, 0.6) is 0 Å². The molecule has 0 saturated heterocycles. The molecule has 0 aliphatic carbocycles. The van der Waals surface area contributed by atoms with Crippen molar-refractivity contribution in [1.29, 1.82) is 5.26 Å². The van der Waals surface area contributed by atoms with Gasteiger partial charge in [0, 0.05) is 30.7 Å². The minimum atomic E-state index is -0.532. The monoisotopic (exact) mass is 341 g/mol. The van der Waals surface area contributed by atoms with Crippen LogP contribution in [0.25, 0.3) is 6.08 Å². The molecule has 1 heterocycles. The number of rotatable bonds is 6. The Balaban J connectivity index is 2.23. The quantitative estimate of drug-likeness (QED) is 0.646. The number of carbonyl (C=O) groups excluding carboxylic acids is 1. The van der Waals surface area contributed by atoms with E-state index >= 15 is 0 Å². The minimum absolute atomic E-state index is 0.0173. The molecule has 0 bridgehead atoms. The van der Waals surface area contributed by atoms with Crippen LogP contribution < -0.4 is 5.32 Å². The van der Waals surface area contributed by atoms with Crippen molar-refractivity contribution in [2.45, 2.75) is 20.4 Å². The molecule has 5 nitrogen and oxygen atoms in total. The van der Waals surface area contributed by atoms with E-state index in [9.17, 15) is 14.4 Å². The molecule has 0 atom stereocenters. The number of nitriles is 1. The van der Waals surface area contributed by atoms with E-state index in [2.05, 4.69) is 9.88 Å². The van der Waals surface area contributed by atoms with Crippen molar-refractivity contribution < 1.29 is 13.9 Å². The van der Waals surface area contributed by atoms with Crippen LogP contribution in [0.3, 0.4) is 0 Å². The standard InChI is InChI=1S/C19H20FN3O2/c1-13-10-15(14(2)23(13)8-9-25-3)11-16(12-21)19(24)22-18-6-4-17(20)5-7-18/h4-7,10-11H,8-9H2,1-3H3,(H,22,24)/b16-11+. The van der Waals surface area contributed by atoms with Gasteiger partial charge in [0.15, 0.2) is 0 Å². The second kappa shape index (κ2) is 8.27. The van der Waals surface area contributed by atoms with Crippen LogP contribution in [0.4, 0.5) is 10.1 Å². The molecule has 0 saturated carbocycles. The Labute approximate surface area is 146 Å². The predicted molar refractivity (Wildman–Crippen MR) is 94.4 cm³/mol. The number of amides is 1. The summed E-state index contributed by atoms with van der Waals surface area (Å²) >= 11 is 0. The van der Waals surface area contributed by atoms with Gasteiger partial charge in [-0.3, -0.25) is 4.79 Å². The first-order chi connectivity index (χ1) is 12.0. The number of carbonyl (C=O) groups is 1. The van der Waals surface area contributed by atoms with Crippen molar-refractivity contribution in [3.63, 3.8) is 0 Å². The number of aromatic nitrogens is 1. The number of aryl methyl sites for hydroxylation is 1. The predicted octanol–water partition coefficient (Wildman–Crippen LogP) is 3.44. The van der Waals surface area contributed by atoms with Gasteiger partial charge in [-0.15, -0.1) is 0 Å². The maximum absolute atomic E-state index is 12.9. The molecular formula is C19H20FN3O2. The summed E-state index contributed by atoms with van der Waals surface area (Å²) in [6.45, 7) is 5.17. The molecule has 1 N–H and O–H groups in total. The number of hydrogen-bond donors (Lipinski definition) is 1.